The van der Waals surface area contributed by atoms with Crippen LogP contribution in [0.5, 0.6) is 0 Å². The number of nitrogens with one attached hydrogen (secondary N) is 1. The number of carbonyl (C=O) groups excluding carboxylic acids is 1. The first-order chi connectivity index (χ1) is 5.70. The molecule has 0 aliphatic carbocycles. The second-order valence-corrected chi connectivity index (χ2v) is 3.46. The number of thiol groups is 1. The molecule has 1 atom stereocenters. The molecular weight excluding hydrogens is 170 g/mol. The van der Waals surface area contributed by atoms with E-state index in [0.717, 1.165) is 19.3 Å². The minimum Gasteiger partial charge on any atom is -0.353 e. The van der Waals surface area contributed by atoms with E-state index in [1.165, 1.54) is 6.08 Å². The van der Waals surface area contributed by atoms with Gasteiger partial charge in [0.1, 0.15) is 0 Å². The highest BCUT2D eigenvalue weighted by Gasteiger charge is 2.01. The maximum atomic E-state index is 10.7. The molecule has 0 spiro atoms. The van der Waals surface area contributed by atoms with E-state index in [1.807, 2.05) is 0 Å². The summed E-state index contributed by atoms with van der Waals surface area (Å²) in [5.74, 6) is -0.105. The van der Waals surface area contributed by atoms with Crippen LogP contribution in [-0.2, 0) is 4.79 Å². The highest BCUT2D eigenvalue weighted by Crippen LogP contribution is 2.07. The van der Waals surface area contributed by atoms with Gasteiger partial charge in [0.15, 0.2) is 0 Å². The predicted molar refractivity (Wildman–Crippen MR) is 55.5 cm³/mol. The molecule has 0 aliphatic rings. The van der Waals surface area contributed by atoms with Crippen molar-refractivity contribution < 1.29 is 4.79 Å². The van der Waals surface area contributed by atoms with Gasteiger partial charge in [-0.05, 0) is 18.9 Å². The summed E-state index contributed by atoms with van der Waals surface area (Å²) in [6.45, 7) is 6.19. The van der Waals surface area contributed by atoms with Crippen molar-refractivity contribution in [1.29, 1.82) is 0 Å². The van der Waals surface area contributed by atoms with Crippen molar-refractivity contribution >= 4 is 18.5 Å². The molecule has 0 saturated heterocycles. The third kappa shape index (κ3) is 6.28. The first-order valence-electron chi connectivity index (χ1n) is 4.29. The van der Waals surface area contributed by atoms with Crippen LogP contribution in [0.1, 0.15) is 26.2 Å². The Morgan fingerprint density at radius 1 is 1.67 bits per heavy atom. The van der Waals surface area contributed by atoms with Gasteiger partial charge in [-0.15, -0.1) is 0 Å². The van der Waals surface area contributed by atoms with E-state index < -0.39 is 0 Å². The Morgan fingerprint density at radius 2 is 2.33 bits per heavy atom. The smallest absolute Gasteiger partial charge is 0.243 e. The summed E-state index contributed by atoms with van der Waals surface area (Å²) in [6.07, 6.45) is 4.46. The average Bonchev–Trinajstić information content (AvgIpc) is 2.04. The fourth-order valence-electron chi connectivity index (χ4n) is 0.912. The van der Waals surface area contributed by atoms with Gasteiger partial charge < -0.3 is 5.32 Å². The Morgan fingerprint density at radius 3 is 2.83 bits per heavy atom. The third-order valence-electron chi connectivity index (χ3n) is 1.58. The van der Waals surface area contributed by atoms with Crippen LogP contribution in [0, 0.1) is 0 Å². The van der Waals surface area contributed by atoms with Gasteiger partial charge in [-0.25, -0.2) is 0 Å². The molecule has 0 aromatic carbocycles. The summed E-state index contributed by atoms with van der Waals surface area (Å²) in [6, 6.07) is 0. The van der Waals surface area contributed by atoms with E-state index in [-0.39, 0.29) is 5.91 Å². The van der Waals surface area contributed by atoms with E-state index in [1.54, 1.807) is 0 Å². The lowest BCUT2D eigenvalue weighted by Crippen LogP contribution is -2.23. The number of hydrogen-bond donors (Lipinski definition) is 2. The SMILES string of the molecule is C=CC(=O)NCCC(S)CCC. The Bertz CT molecular complexity index is 147. The van der Waals surface area contributed by atoms with Crippen LogP contribution in [-0.4, -0.2) is 17.7 Å². The van der Waals surface area contributed by atoms with Crippen LogP contribution >= 0.6 is 12.6 Å². The van der Waals surface area contributed by atoms with Gasteiger partial charge in [0.2, 0.25) is 5.91 Å². The van der Waals surface area contributed by atoms with Crippen molar-refractivity contribution in [3.05, 3.63) is 12.7 Å². The van der Waals surface area contributed by atoms with Crippen molar-refractivity contribution in [3.63, 3.8) is 0 Å². The van der Waals surface area contributed by atoms with Crippen LogP contribution in [0.15, 0.2) is 12.7 Å². The maximum absolute atomic E-state index is 10.7. The molecule has 0 rings (SSSR count). The fourth-order valence-corrected chi connectivity index (χ4v) is 1.30. The fraction of sp³-hybridized carbons (Fsp3) is 0.667. The van der Waals surface area contributed by atoms with Gasteiger partial charge >= 0.3 is 0 Å². The molecule has 1 amide bonds. The molecule has 0 saturated carbocycles. The Kier molecular flexibility index (Phi) is 6.96. The summed E-state index contributed by atoms with van der Waals surface area (Å²) in [5, 5.41) is 3.12. The molecule has 1 N–H and O–H groups in total. The van der Waals surface area contributed by atoms with Crippen LogP contribution in [0.25, 0.3) is 0 Å². The summed E-state index contributed by atoms with van der Waals surface area (Å²) >= 11 is 4.36. The zero-order valence-electron chi connectivity index (χ0n) is 7.55. The molecule has 1 unspecified atom stereocenters. The largest absolute Gasteiger partial charge is 0.353 e. The predicted octanol–water partition coefficient (Wildman–Crippen LogP) is 1.78. The average molecular weight is 187 g/mol. The Labute approximate surface area is 79.8 Å². The topological polar surface area (TPSA) is 29.1 Å². The monoisotopic (exact) mass is 187 g/mol. The molecule has 70 valence electrons. The van der Waals surface area contributed by atoms with Gasteiger partial charge in [0.05, 0.1) is 0 Å². The van der Waals surface area contributed by atoms with Crippen LogP contribution in [0.4, 0.5) is 0 Å². The standard InChI is InChI=1S/C9H17NOS/c1-3-5-8(12)6-7-10-9(11)4-2/h4,8,12H,2-3,5-7H2,1H3,(H,10,11). The lowest BCUT2D eigenvalue weighted by atomic mass is 10.2. The van der Waals surface area contributed by atoms with Gasteiger partial charge in [-0.1, -0.05) is 19.9 Å². The summed E-state index contributed by atoms with van der Waals surface area (Å²) in [7, 11) is 0. The Balaban J connectivity index is 3.30. The zero-order valence-corrected chi connectivity index (χ0v) is 8.44. The quantitative estimate of drug-likeness (QED) is 0.481. The van der Waals surface area contributed by atoms with Crippen LogP contribution in [0.3, 0.4) is 0 Å². The van der Waals surface area contributed by atoms with E-state index in [9.17, 15) is 4.79 Å². The first kappa shape index (κ1) is 11.6. The number of hydrogen-bond acceptors (Lipinski definition) is 2. The zero-order chi connectivity index (χ0) is 9.40. The van der Waals surface area contributed by atoms with Crippen molar-refractivity contribution in [2.24, 2.45) is 0 Å². The number of rotatable bonds is 6. The highest BCUT2D eigenvalue weighted by atomic mass is 32.1. The second kappa shape index (κ2) is 7.22. The molecule has 0 heterocycles. The van der Waals surface area contributed by atoms with E-state index in [2.05, 4.69) is 31.4 Å². The molecule has 12 heavy (non-hydrogen) atoms. The first-order valence-corrected chi connectivity index (χ1v) is 4.80. The third-order valence-corrected chi connectivity index (χ3v) is 2.10. The molecule has 0 bridgehead atoms. The molecule has 0 radical (unpaired) electrons. The lowest BCUT2D eigenvalue weighted by Gasteiger charge is -2.08. The number of amides is 1. The summed E-state index contributed by atoms with van der Waals surface area (Å²) in [4.78, 5) is 10.7. The Hall–Kier alpha value is -0.440. The molecule has 0 fully saturated rings. The van der Waals surface area contributed by atoms with E-state index in [0.29, 0.717) is 11.8 Å². The van der Waals surface area contributed by atoms with Crippen molar-refractivity contribution in [2.75, 3.05) is 6.54 Å². The van der Waals surface area contributed by atoms with Gasteiger partial charge in [-0.3, -0.25) is 4.79 Å². The summed E-state index contributed by atoms with van der Waals surface area (Å²) in [5.41, 5.74) is 0. The van der Waals surface area contributed by atoms with Crippen LogP contribution in [0.2, 0.25) is 0 Å². The lowest BCUT2D eigenvalue weighted by molar-refractivity contribution is -0.116. The molecule has 0 aromatic rings. The van der Waals surface area contributed by atoms with Gasteiger partial charge in [0, 0.05) is 11.8 Å². The number of carbonyl (C=O) groups is 1. The van der Waals surface area contributed by atoms with Gasteiger partial charge in [0.25, 0.3) is 0 Å². The van der Waals surface area contributed by atoms with Crippen LogP contribution < -0.4 is 5.32 Å². The van der Waals surface area contributed by atoms with Crippen molar-refractivity contribution in [3.8, 4) is 0 Å². The molecule has 3 heteroatoms. The molecule has 2 nitrogen and oxygen atoms in total. The normalized spacial score (nSPS) is 12.2. The van der Waals surface area contributed by atoms with E-state index in [4.69, 9.17) is 0 Å². The van der Waals surface area contributed by atoms with Gasteiger partial charge in [-0.2, -0.15) is 12.6 Å². The van der Waals surface area contributed by atoms with Crippen molar-refractivity contribution in [2.45, 2.75) is 31.4 Å². The highest BCUT2D eigenvalue weighted by molar-refractivity contribution is 7.80. The molecule has 0 aromatic heterocycles. The molecule has 0 aliphatic heterocycles. The van der Waals surface area contributed by atoms with Crippen molar-refractivity contribution in [1.82, 2.24) is 5.32 Å². The second-order valence-electron chi connectivity index (χ2n) is 2.73. The van der Waals surface area contributed by atoms with E-state index >= 15 is 0 Å². The minimum absolute atomic E-state index is 0.105. The minimum atomic E-state index is -0.105. The maximum Gasteiger partial charge on any atom is 0.243 e. The summed E-state index contributed by atoms with van der Waals surface area (Å²) < 4.78 is 0. The molecular formula is C9H17NOS.